The van der Waals surface area contributed by atoms with E-state index in [1.807, 2.05) is 57.4 Å². The van der Waals surface area contributed by atoms with Gasteiger partial charge in [-0.15, -0.1) is 0 Å². The molecule has 3 amide bonds. The van der Waals surface area contributed by atoms with E-state index < -0.39 is 0 Å². The van der Waals surface area contributed by atoms with Crippen LogP contribution in [0.3, 0.4) is 0 Å². The lowest BCUT2D eigenvalue weighted by molar-refractivity contribution is -0.110. The minimum absolute atomic E-state index is 0.0459. The van der Waals surface area contributed by atoms with Crippen LogP contribution in [-0.4, -0.2) is 86.0 Å². The Hall–Kier alpha value is -4.21. The number of anilines is 1. The molecule has 0 spiro atoms. The summed E-state index contributed by atoms with van der Waals surface area (Å²) in [7, 11) is 4.01. The van der Waals surface area contributed by atoms with Crippen molar-refractivity contribution in [3.63, 3.8) is 0 Å². The van der Waals surface area contributed by atoms with E-state index in [0.29, 0.717) is 60.9 Å². The third kappa shape index (κ3) is 5.71. The number of rotatable bonds is 8. The maximum absolute atomic E-state index is 13.1. The molecule has 2 aliphatic rings. The molecule has 0 radical (unpaired) electrons. The van der Waals surface area contributed by atoms with Gasteiger partial charge in [0.05, 0.1) is 24.4 Å². The highest BCUT2D eigenvalue weighted by Gasteiger charge is 2.29. The number of ether oxygens (including phenoxy) is 1. The maximum Gasteiger partial charge on any atom is 0.256 e. The molecule has 5 rings (SSSR count). The van der Waals surface area contributed by atoms with Gasteiger partial charge in [0, 0.05) is 48.3 Å². The topological polar surface area (TPSA) is 107 Å². The Labute approximate surface area is 234 Å². The predicted octanol–water partition coefficient (Wildman–Crippen LogP) is 3.64. The molecule has 1 saturated heterocycles. The summed E-state index contributed by atoms with van der Waals surface area (Å²) in [5, 5.41) is 5.96. The third-order valence-electron chi connectivity index (χ3n) is 7.33. The summed E-state index contributed by atoms with van der Waals surface area (Å²) in [4.78, 5) is 46.1. The zero-order valence-electron chi connectivity index (χ0n) is 23.2. The molecule has 2 aromatic carbocycles. The number of fused-ring (bicyclic) bond motifs is 1. The smallest absolute Gasteiger partial charge is 0.256 e. The van der Waals surface area contributed by atoms with E-state index in [4.69, 9.17) is 4.74 Å². The Balaban J connectivity index is 1.43. The molecule has 1 aromatic heterocycles. The molecule has 40 heavy (non-hydrogen) atoms. The van der Waals surface area contributed by atoms with E-state index in [-0.39, 0.29) is 17.7 Å². The van der Waals surface area contributed by atoms with Gasteiger partial charge < -0.3 is 30.2 Å². The van der Waals surface area contributed by atoms with Gasteiger partial charge in [-0.1, -0.05) is 24.3 Å². The summed E-state index contributed by atoms with van der Waals surface area (Å²) in [6.07, 6.45) is 4.38. The van der Waals surface area contributed by atoms with Crippen LogP contribution in [0, 0.1) is 6.92 Å². The molecule has 0 saturated carbocycles. The maximum atomic E-state index is 13.1. The number of H-pyrrole nitrogens is 1. The third-order valence-corrected chi connectivity index (χ3v) is 7.33. The van der Waals surface area contributed by atoms with Crippen molar-refractivity contribution in [2.24, 2.45) is 0 Å². The normalized spacial score (nSPS) is 15.8. The molecule has 208 valence electrons. The fourth-order valence-corrected chi connectivity index (χ4v) is 5.12. The molecule has 9 nitrogen and oxygen atoms in total. The van der Waals surface area contributed by atoms with Crippen LogP contribution in [0.4, 0.5) is 5.69 Å². The lowest BCUT2D eigenvalue weighted by Gasteiger charge is -2.26. The van der Waals surface area contributed by atoms with Crippen LogP contribution in [0.25, 0.3) is 22.8 Å². The second kappa shape index (κ2) is 11.9. The van der Waals surface area contributed by atoms with Gasteiger partial charge in [0.2, 0.25) is 0 Å². The van der Waals surface area contributed by atoms with Crippen LogP contribution >= 0.6 is 0 Å². The highest BCUT2D eigenvalue weighted by atomic mass is 16.5. The van der Waals surface area contributed by atoms with Crippen molar-refractivity contribution in [3.05, 3.63) is 76.6 Å². The van der Waals surface area contributed by atoms with E-state index in [1.165, 1.54) is 0 Å². The first-order valence-electron chi connectivity index (χ1n) is 13.6. The highest BCUT2D eigenvalue weighted by Crippen LogP contribution is 2.40. The number of morpholine rings is 1. The summed E-state index contributed by atoms with van der Waals surface area (Å²) in [6.45, 7) is 5.57. The molecule has 3 aromatic rings. The molecule has 0 unspecified atom stereocenters. The van der Waals surface area contributed by atoms with Gasteiger partial charge in [-0.2, -0.15) is 0 Å². The Bertz CT molecular complexity index is 1470. The first kappa shape index (κ1) is 27.4. The van der Waals surface area contributed by atoms with Crippen LogP contribution in [0.1, 0.15) is 44.0 Å². The second-order valence-electron chi connectivity index (χ2n) is 10.4. The number of carbonyl (C=O) groups is 3. The van der Waals surface area contributed by atoms with Gasteiger partial charge in [0.15, 0.2) is 0 Å². The van der Waals surface area contributed by atoms with Gasteiger partial charge in [0.25, 0.3) is 17.7 Å². The van der Waals surface area contributed by atoms with E-state index in [2.05, 4.69) is 20.5 Å². The largest absolute Gasteiger partial charge is 0.378 e. The van der Waals surface area contributed by atoms with Crippen molar-refractivity contribution in [3.8, 4) is 11.1 Å². The lowest BCUT2D eigenvalue weighted by Crippen LogP contribution is -2.40. The molecular formula is C31H35N5O4. The van der Waals surface area contributed by atoms with Crippen molar-refractivity contribution in [2.45, 2.75) is 13.3 Å². The van der Waals surface area contributed by atoms with Crippen molar-refractivity contribution in [1.29, 1.82) is 0 Å². The number of hydrogen-bond acceptors (Lipinski definition) is 5. The summed E-state index contributed by atoms with van der Waals surface area (Å²) >= 11 is 0. The van der Waals surface area contributed by atoms with Crippen molar-refractivity contribution >= 4 is 35.1 Å². The Kier molecular flexibility index (Phi) is 8.14. The van der Waals surface area contributed by atoms with Crippen LogP contribution in [0.2, 0.25) is 0 Å². The van der Waals surface area contributed by atoms with E-state index in [9.17, 15) is 14.4 Å². The Morgan fingerprint density at radius 3 is 2.67 bits per heavy atom. The number of hydrogen-bond donors (Lipinski definition) is 3. The molecule has 2 aliphatic heterocycles. The fourth-order valence-electron chi connectivity index (χ4n) is 5.12. The minimum Gasteiger partial charge on any atom is -0.378 e. The predicted molar refractivity (Wildman–Crippen MR) is 156 cm³/mol. The average Bonchev–Trinajstić information content (AvgIpc) is 3.49. The van der Waals surface area contributed by atoms with Crippen molar-refractivity contribution < 1.29 is 19.1 Å². The summed E-state index contributed by atoms with van der Waals surface area (Å²) in [6, 6.07) is 13.2. The van der Waals surface area contributed by atoms with Crippen LogP contribution < -0.4 is 10.6 Å². The zero-order valence-corrected chi connectivity index (χ0v) is 23.2. The van der Waals surface area contributed by atoms with E-state index >= 15 is 0 Å². The van der Waals surface area contributed by atoms with Crippen LogP contribution in [0.15, 0.2) is 48.7 Å². The summed E-state index contributed by atoms with van der Waals surface area (Å²) in [5.74, 6) is -0.389. The van der Waals surface area contributed by atoms with Crippen LogP contribution in [-0.2, 0) is 9.53 Å². The monoisotopic (exact) mass is 541 g/mol. The number of nitrogens with zero attached hydrogens (tertiary/aromatic N) is 2. The van der Waals surface area contributed by atoms with E-state index in [1.54, 1.807) is 23.2 Å². The fraction of sp³-hybridized carbons (Fsp3) is 0.323. The van der Waals surface area contributed by atoms with Gasteiger partial charge in [-0.25, -0.2) is 0 Å². The second-order valence-corrected chi connectivity index (χ2v) is 10.4. The molecule has 0 bridgehead atoms. The van der Waals surface area contributed by atoms with Crippen molar-refractivity contribution in [1.82, 2.24) is 20.1 Å². The number of carbonyl (C=O) groups excluding carboxylic acids is 3. The van der Waals surface area contributed by atoms with Crippen molar-refractivity contribution in [2.75, 3.05) is 58.8 Å². The Morgan fingerprint density at radius 1 is 1.12 bits per heavy atom. The molecule has 0 atom stereocenters. The Morgan fingerprint density at radius 2 is 1.90 bits per heavy atom. The lowest BCUT2D eigenvalue weighted by atomic mass is 9.93. The number of aromatic nitrogens is 1. The van der Waals surface area contributed by atoms with Gasteiger partial charge in [-0.3, -0.25) is 14.4 Å². The first-order valence-corrected chi connectivity index (χ1v) is 13.6. The standard InChI is InChI=1S/C31H35N5O4/c1-20-25(31(39)36-13-15-40-16-14-36)19-33-27(20)18-24-28-23(9-5-10-26(28)34-30(24)38)21-7-4-8-22(17-21)29(37)32-11-6-12-35(2)3/h4-5,7-10,17-19,33H,6,11-16H2,1-3H3,(H,32,37)(H,34,38). The molecular weight excluding hydrogens is 506 g/mol. The summed E-state index contributed by atoms with van der Waals surface area (Å²) < 4.78 is 5.37. The average molecular weight is 542 g/mol. The zero-order chi connectivity index (χ0) is 28.2. The summed E-state index contributed by atoms with van der Waals surface area (Å²) in [5.41, 5.74) is 6.31. The molecule has 9 heteroatoms. The highest BCUT2D eigenvalue weighted by molar-refractivity contribution is 6.36. The SMILES string of the molecule is Cc1c(C(=O)N2CCOCC2)c[nH]c1C=C1C(=O)Nc2cccc(-c3cccc(C(=O)NCCCN(C)C)c3)c21. The number of nitrogens with one attached hydrogen (secondary N) is 3. The van der Waals surface area contributed by atoms with Gasteiger partial charge in [0.1, 0.15) is 0 Å². The number of benzene rings is 2. The number of aromatic amines is 1. The molecule has 3 N–H and O–H groups in total. The van der Waals surface area contributed by atoms with Gasteiger partial charge in [-0.05, 0) is 75.0 Å². The van der Waals surface area contributed by atoms with E-state index in [0.717, 1.165) is 35.2 Å². The van der Waals surface area contributed by atoms with Crippen LogP contribution in [0.5, 0.6) is 0 Å². The number of amides is 3. The molecule has 3 heterocycles. The van der Waals surface area contributed by atoms with Gasteiger partial charge >= 0.3 is 0 Å². The minimum atomic E-state index is -0.215. The first-order chi connectivity index (χ1) is 19.3. The quantitative estimate of drug-likeness (QED) is 0.298. The molecule has 1 fully saturated rings. The molecule has 0 aliphatic carbocycles.